The van der Waals surface area contributed by atoms with Gasteiger partial charge in [0.25, 0.3) is 11.8 Å². The zero-order valence-electron chi connectivity index (χ0n) is 17.3. The second-order valence-corrected chi connectivity index (χ2v) is 7.46. The number of halogens is 1. The molecule has 0 fully saturated rings. The predicted octanol–water partition coefficient (Wildman–Crippen LogP) is 2.25. The van der Waals surface area contributed by atoms with Crippen LogP contribution < -0.4 is 10.9 Å². The van der Waals surface area contributed by atoms with E-state index in [2.05, 4.69) is 31.5 Å². The van der Waals surface area contributed by atoms with Crippen LogP contribution in [0.4, 0.5) is 0 Å². The summed E-state index contributed by atoms with van der Waals surface area (Å²) in [4.78, 5) is 25.0. The van der Waals surface area contributed by atoms with Crippen LogP contribution in [0.25, 0.3) is 5.69 Å². The number of hydrogen-bond donors (Lipinski definition) is 2. The Morgan fingerprint density at radius 1 is 0.969 bits per heavy atom. The first-order valence-electron chi connectivity index (χ1n) is 9.65. The normalized spacial score (nSPS) is 10.7. The van der Waals surface area contributed by atoms with E-state index in [0.29, 0.717) is 23.5 Å². The summed E-state index contributed by atoms with van der Waals surface area (Å²) in [6, 6.07) is 14.5. The molecule has 2 amide bonds. The van der Waals surface area contributed by atoms with Gasteiger partial charge in [-0.3, -0.25) is 20.4 Å². The van der Waals surface area contributed by atoms with Crippen LogP contribution in [0.15, 0.2) is 54.9 Å². The van der Waals surface area contributed by atoms with Gasteiger partial charge >= 0.3 is 0 Å². The van der Waals surface area contributed by atoms with Gasteiger partial charge in [-0.1, -0.05) is 41.4 Å². The average Bonchev–Trinajstić information content (AvgIpc) is 3.42. The van der Waals surface area contributed by atoms with Gasteiger partial charge in [-0.15, -0.1) is 5.10 Å². The molecule has 4 aromatic rings. The smallest absolute Gasteiger partial charge is 0.267 e. The van der Waals surface area contributed by atoms with Gasteiger partial charge in [0.2, 0.25) is 0 Å². The maximum atomic E-state index is 12.7. The zero-order valence-corrected chi connectivity index (χ0v) is 18.0. The second-order valence-electron chi connectivity index (χ2n) is 7.10. The second kappa shape index (κ2) is 8.98. The van der Waals surface area contributed by atoms with Gasteiger partial charge < -0.3 is 0 Å². The fourth-order valence-electron chi connectivity index (χ4n) is 3.08. The zero-order chi connectivity index (χ0) is 22.7. The largest absolute Gasteiger partial charge is 0.274 e. The molecule has 10 nitrogen and oxygen atoms in total. The van der Waals surface area contributed by atoms with Crippen molar-refractivity contribution >= 4 is 23.4 Å². The van der Waals surface area contributed by atoms with Crippen molar-refractivity contribution in [3.63, 3.8) is 0 Å². The number of aryl methyl sites for hydroxylation is 2. The van der Waals surface area contributed by atoms with Crippen molar-refractivity contribution in [1.29, 1.82) is 0 Å². The van der Waals surface area contributed by atoms with Crippen molar-refractivity contribution < 1.29 is 9.59 Å². The maximum absolute atomic E-state index is 12.7. The molecule has 0 unspecified atom stereocenters. The third-order valence-electron chi connectivity index (χ3n) is 4.78. The van der Waals surface area contributed by atoms with Crippen molar-refractivity contribution in [2.24, 2.45) is 0 Å². The number of aromatic nitrogens is 6. The first-order chi connectivity index (χ1) is 15.4. The van der Waals surface area contributed by atoms with E-state index in [1.165, 1.54) is 11.0 Å². The van der Waals surface area contributed by atoms with Crippen LogP contribution in [0, 0.1) is 13.8 Å². The lowest BCUT2D eigenvalue weighted by Crippen LogP contribution is -2.41. The molecular formula is C21H19ClN8O2. The van der Waals surface area contributed by atoms with Crippen LogP contribution >= 0.6 is 11.6 Å². The van der Waals surface area contributed by atoms with Gasteiger partial charge in [-0.05, 0) is 54.1 Å². The Labute approximate surface area is 188 Å². The number of hydrogen-bond acceptors (Lipinski definition) is 6. The molecular weight excluding hydrogens is 432 g/mol. The number of carbonyl (C=O) groups excluding carboxylic acids is 2. The van der Waals surface area contributed by atoms with Crippen molar-refractivity contribution in [2.75, 3.05) is 0 Å². The highest BCUT2D eigenvalue weighted by molar-refractivity contribution is 6.33. The fourth-order valence-corrected chi connectivity index (χ4v) is 3.40. The highest BCUT2D eigenvalue weighted by Crippen LogP contribution is 2.21. The lowest BCUT2D eigenvalue weighted by atomic mass is 10.1. The van der Waals surface area contributed by atoms with Gasteiger partial charge in [0.15, 0.2) is 0 Å². The molecule has 2 aromatic heterocycles. The summed E-state index contributed by atoms with van der Waals surface area (Å²) in [6.07, 6.45) is 1.44. The molecule has 2 N–H and O–H groups in total. The minimum atomic E-state index is -0.554. The van der Waals surface area contributed by atoms with Crippen molar-refractivity contribution in [3.8, 4) is 5.69 Å². The average molecular weight is 451 g/mol. The van der Waals surface area contributed by atoms with Crippen LogP contribution in [0.5, 0.6) is 0 Å². The minimum Gasteiger partial charge on any atom is -0.267 e. The Balaban J connectivity index is 1.41. The molecule has 0 aliphatic carbocycles. The molecule has 11 heteroatoms. The first-order valence-corrected chi connectivity index (χ1v) is 10.0. The SMILES string of the molecule is Cc1ccc(Cn2nc(C)c(C(=O)NNC(=O)c3ccc(-n4cnnn4)cc3)c2Cl)cc1. The van der Waals surface area contributed by atoms with Crippen LogP contribution in [-0.4, -0.2) is 41.8 Å². The molecule has 0 aliphatic rings. The number of nitrogens with one attached hydrogen (secondary N) is 2. The van der Waals surface area contributed by atoms with Crippen LogP contribution in [0.3, 0.4) is 0 Å². The number of rotatable bonds is 5. The molecule has 0 saturated heterocycles. The van der Waals surface area contributed by atoms with Crippen molar-refractivity contribution in [3.05, 3.63) is 88.0 Å². The Bertz CT molecular complexity index is 1250. The molecule has 0 spiro atoms. The molecule has 0 saturated carbocycles. The monoisotopic (exact) mass is 450 g/mol. The summed E-state index contributed by atoms with van der Waals surface area (Å²) in [5.41, 5.74) is 8.64. The Hall–Kier alpha value is -4.05. The third kappa shape index (κ3) is 4.49. The lowest BCUT2D eigenvalue weighted by Gasteiger charge is -2.08. The lowest BCUT2D eigenvalue weighted by molar-refractivity contribution is 0.0846. The third-order valence-corrected chi connectivity index (χ3v) is 5.16. The van der Waals surface area contributed by atoms with E-state index >= 15 is 0 Å². The van der Waals surface area contributed by atoms with Crippen LogP contribution in [-0.2, 0) is 6.54 Å². The van der Waals surface area contributed by atoms with Gasteiger partial charge in [0.1, 0.15) is 17.0 Å². The van der Waals surface area contributed by atoms with Crippen molar-refractivity contribution in [1.82, 2.24) is 40.8 Å². The summed E-state index contributed by atoms with van der Waals surface area (Å²) in [7, 11) is 0. The molecule has 0 bridgehead atoms. The van der Waals surface area contributed by atoms with E-state index < -0.39 is 11.8 Å². The van der Waals surface area contributed by atoms with E-state index in [-0.39, 0.29) is 10.7 Å². The van der Waals surface area contributed by atoms with Gasteiger partial charge in [0, 0.05) is 5.56 Å². The highest BCUT2D eigenvalue weighted by atomic mass is 35.5. The Kier molecular flexibility index (Phi) is 5.95. The number of benzene rings is 2. The van der Waals surface area contributed by atoms with E-state index in [0.717, 1.165) is 11.1 Å². The number of hydrazine groups is 1. The Morgan fingerprint density at radius 3 is 2.31 bits per heavy atom. The molecule has 4 rings (SSSR count). The molecule has 0 radical (unpaired) electrons. The van der Waals surface area contributed by atoms with Gasteiger partial charge in [-0.25, -0.2) is 9.36 Å². The van der Waals surface area contributed by atoms with Crippen LogP contribution in [0.2, 0.25) is 5.15 Å². The fraction of sp³-hybridized carbons (Fsp3) is 0.143. The summed E-state index contributed by atoms with van der Waals surface area (Å²) in [5, 5.41) is 15.5. The van der Waals surface area contributed by atoms with Crippen molar-refractivity contribution in [2.45, 2.75) is 20.4 Å². The van der Waals surface area contributed by atoms with E-state index in [1.54, 1.807) is 35.9 Å². The van der Waals surface area contributed by atoms with E-state index in [1.807, 2.05) is 31.2 Å². The molecule has 32 heavy (non-hydrogen) atoms. The van der Waals surface area contributed by atoms with Gasteiger partial charge in [0.05, 0.1) is 17.9 Å². The molecule has 2 heterocycles. The minimum absolute atomic E-state index is 0.195. The summed E-state index contributed by atoms with van der Waals surface area (Å²) >= 11 is 6.41. The van der Waals surface area contributed by atoms with Crippen LogP contribution in [0.1, 0.15) is 37.5 Å². The number of amides is 2. The van der Waals surface area contributed by atoms with Gasteiger partial charge in [-0.2, -0.15) is 5.10 Å². The molecule has 2 aromatic carbocycles. The van der Waals surface area contributed by atoms with E-state index in [9.17, 15) is 9.59 Å². The molecule has 0 aliphatic heterocycles. The highest BCUT2D eigenvalue weighted by Gasteiger charge is 2.21. The summed E-state index contributed by atoms with van der Waals surface area (Å²) in [5.74, 6) is -1.04. The topological polar surface area (TPSA) is 120 Å². The standard InChI is InChI=1S/C21H19ClN8O2/c1-13-3-5-15(6-4-13)11-29-19(22)18(14(2)26-29)21(32)25-24-20(31)16-7-9-17(10-8-16)30-12-23-27-28-30/h3-10,12H,11H2,1-2H3,(H,24,31)(H,25,32). The number of nitrogens with zero attached hydrogens (tertiary/aromatic N) is 6. The summed E-state index contributed by atoms with van der Waals surface area (Å²) in [6.45, 7) is 4.12. The van der Waals surface area contributed by atoms with E-state index in [4.69, 9.17) is 11.6 Å². The number of tetrazole rings is 1. The quantitative estimate of drug-likeness (QED) is 0.450. The molecule has 162 valence electrons. The Morgan fingerprint density at radius 2 is 1.66 bits per heavy atom. The molecule has 0 atom stereocenters. The first kappa shape index (κ1) is 21.2. The number of carbonyl (C=O) groups is 2. The predicted molar refractivity (Wildman–Crippen MR) is 116 cm³/mol. The maximum Gasteiger partial charge on any atom is 0.274 e. The summed E-state index contributed by atoms with van der Waals surface area (Å²) < 4.78 is 3.01.